The van der Waals surface area contributed by atoms with Gasteiger partial charge in [-0.1, -0.05) is 28.1 Å². The summed E-state index contributed by atoms with van der Waals surface area (Å²) in [6, 6.07) is 8.00. The maximum absolute atomic E-state index is 5.66. The van der Waals surface area contributed by atoms with E-state index in [-0.39, 0.29) is 0 Å². The number of benzene rings is 1. The van der Waals surface area contributed by atoms with Crippen molar-refractivity contribution < 1.29 is 0 Å². The highest BCUT2D eigenvalue weighted by atomic mass is 79.9. The highest BCUT2D eigenvalue weighted by Gasteiger charge is 2.08. The fraction of sp³-hybridized carbons (Fsp3) is 0.167. The van der Waals surface area contributed by atoms with Gasteiger partial charge in [0.15, 0.2) is 0 Å². The zero-order valence-corrected chi connectivity index (χ0v) is 10.7. The minimum absolute atomic E-state index is 0.320. The van der Waals surface area contributed by atoms with Crippen molar-refractivity contribution in [2.24, 2.45) is 0 Å². The van der Waals surface area contributed by atoms with Crippen molar-refractivity contribution in [3.05, 3.63) is 40.0 Å². The summed E-state index contributed by atoms with van der Waals surface area (Å²) < 4.78 is 1.05. The first-order valence-corrected chi connectivity index (χ1v) is 5.74. The molecule has 0 saturated heterocycles. The lowest BCUT2D eigenvalue weighted by Crippen LogP contribution is -2.01. The highest BCUT2D eigenvalue weighted by Crippen LogP contribution is 2.24. The maximum Gasteiger partial charge on any atom is 0.220 e. The van der Waals surface area contributed by atoms with E-state index in [0.717, 1.165) is 27.0 Å². The summed E-state index contributed by atoms with van der Waals surface area (Å²) in [5.41, 5.74) is 9.61. The molecule has 0 aliphatic heterocycles. The third kappa shape index (κ3) is 2.07. The first-order valence-electron chi connectivity index (χ1n) is 4.94. The van der Waals surface area contributed by atoms with Crippen LogP contribution in [0.15, 0.2) is 28.7 Å². The van der Waals surface area contributed by atoms with Crippen LogP contribution in [0, 0.1) is 13.8 Å². The lowest BCUT2D eigenvalue weighted by molar-refractivity contribution is 1.08. The average molecular weight is 278 g/mol. The molecule has 0 spiro atoms. The molecule has 3 nitrogen and oxygen atoms in total. The van der Waals surface area contributed by atoms with Crippen LogP contribution in [-0.2, 0) is 0 Å². The molecule has 1 heterocycles. The summed E-state index contributed by atoms with van der Waals surface area (Å²) >= 11 is 3.41. The topological polar surface area (TPSA) is 51.8 Å². The zero-order chi connectivity index (χ0) is 11.7. The number of hydrogen-bond donors (Lipinski definition) is 1. The molecule has 1 aromatic carbocycles. The van der Waals surface area contributed by atoms with E-state index in [0.29, 0.717) is 5.95 Å². The fourth-order valence-electron chi connectivity index (χ4n) is 1.54. The van der Waals surface area contributed by atoms with E-state index >= 15 is 0 Å². The van der Waals surface area contributed by atoms with Crippen LogP contribution >= 0.6 is 15.9 Å². The van der Waals surface area contributed by atoms with Gasteiger partial charge in [-0.15, -0.1) is 0 Å². The Hall–Kier alpha value is -1.42. The Balaban J connectivity index is 2.59. The molecule has 0 bridgehead atoms. The molecule has 0 aliphatic rings. The van der Waals surface area contributed by atoms with Gasteiger partial charge in [0.25, 0.3) is 0 Å². The number of nitrogen functional groups attached to an aromatic ring is 1. The van der Waals surface area contributed by atoms with Crippen LogP contribution in [0.1, 0.15) is 11.3 Å². The number of hydrogen-bond acceptors (Lipinski definition) is 3. The first-order chi connectivity index (χ1) is 7.58. The standard InChI is InChI=1S/C12H12BrN3/c1-7-8(2)15-12(14)16-11(7)9-3-5-10(13)6-4-9/h3-6H,1-2H3,(H2,14,15,16). The molecule has 4 heteroatoms. The van der Waals surface area contributed by atoms with Crippen LogP contribution in [0.2, 0.25) is 0 Å². The van der Waals surface area contributed by atoms with E-state index in [4.69, 9.17) is 5.73 Å². The second-order valence-corrected chi connectivity index (χ2v) is 4.56. The molecular weight excluding hydrogens is 266 g/mol. The predicted octanol–water partition coefficient (Wildman–Crippen LogP) is 3.11. The number of nitrogens with zero attached hydrogens (tertiary/aromatic N) is 2. The van der Waals surface area contributed by atoms with Crippen LogP contribution in [0.25, 0.3) is 11.3 Å². The van der Waals surface area contributed by atoms with Crippen molar-refractivity contribution in [1.82, 2.24) is 9.97 Å². The number of anilines is 1. The van der Waals surface area contributed by atoms with Crippen LogP contribution in [0.4, 0.5) is 5.95 Å². The minimum atomic E-state index is 0.320. The molecule has 0 aliphatic carbocycles. The van der Waals surface area contributed by atoms with E-state index in [2.05, 4.69) is 25.9 Å². The van der Waals surface area contributed by atoms with Crippen molar-refractivity contribution in [2.45, 2.75) is 13.8 Å². The summed E-state index contributed by atoms with van der Waals surface area (Å²) in [6.45, 7) is 3.95. The molecule has 0 atom stereocenters. The first kappa shape index (κ1) is 11.1. The molecule has 2 rings (SSSR count). The number of nitrogens with two attached hydrogens (primary N) is 1. The predicted molar refractivity (Wildman–Crippen MR) is 69.1 cm³/mol. The average Bonchev–Trinajstić information content (AvgIpc) is 2.25. The molecule has 0 radical (unpaired) electrons. The van der Waals surface area contributed by atoms with E-state index in [9.17, 15) is 0 Å². The zero-order valence-electron chi connectivity index (χ0n) is 9.16. The van der Waals surface area contributed by atoms with Crippen molar-refractivity contribution in [2.75, 3.05) is 5.73 Å². The Bertz CT molecular complexity index is 521. The van der Waals surface area contributed by atoms with E-state index < -0.39 is 0 Å². The molecule has 16 heavy (non-hydrogen) atoms. The largest absolute Gasteiger partial charge is 0.368 e. The van der Waals surface area contributed by atoms with E-state index in [1.54, 1.807) is 0 Å². The second kappa shape index (κ2) is 4.22. The lowest BCUT2D eigenvalue weighted by Gasteiger charge is -2.08. The maximum atomic E-state index is 5.66. The molecular formula is C12H12BrN3. The molecule has 0 unspecified atom stereocenters. The third-order valence-electron chi connectivity index (χ3n) is 2.52. The Morgan fingerprint density at radius 1 is 1.06 bits per heavy atom. The van der Waals surface area contributed by atoms with Crippen LogP contribution in [0.5, 0.6) is 0 Å². The van der Waals surface area contributed by atoms with Crippen LogP contribution in [-0.4, -0.2) is 9.97 Å². The van der Waals surface area contributed by atoms with Crippen molar-refractivity contribution in [3.63, 3.8) is 0 Å². The summed E-state index contributed by atoms with van der Waals surface area (Å²) in [7, 11) is 0. The smallest absolute Gasteiger partial charge is 0.220 e. The van der Waals surface area contributed by atoms with Gasteiger partial charge >= 0.3 is 0 Å². The molecule has 1 aromatic heterocycles. The van der Waals surface area contributed by atoms with Crippen LogP contribution in [0.3, 0.4) is 0 Å². The summed E-state index contributed by atoms with van der Waals surface area (Å²) in [5.74, 6) is 0.320. The van der Waals surface area contributed by atoms with Gasteiger partial charge in [-0.25, -0.2) is 9.97 Å². The van der Waals surface area contributed by atoms with Gasteiger partial charge in [-0.3, -0.25) is 0 Å². The van der Waals surface area contributed by atoms with Gasteiger partial charge < -0.3 is 5.73 Å². The minimum Gasteiger partial charge on any atom is -0.368 e. The van der Waals surface area contributed by atoms with Crippen molar-refractivity contribution >= 4 is 21.9 Å². The Morgan fingerprint density at radius 2 is 1.69 bits per heavy atom. The molecule has 82 valence electrons. The van der Waals surface area contributed by atoms with Crippen LogP contribution < -0.4 is 5.73 Å². The van der Waals surface area contributed by atoms with Gasteiger partial charge in [-0.2, -0.15) is 0 Å². The Kier molecular flexibility index (Phi) is 2.92. The number of rotatable bonds is 1. The van der Waals surface area contributed by atoms with Gasteiger partial charge in [0, 0.05) is 15.7 Å². The second-order valence-electron chi connectivity index (χ2n) is 3.65. The summed E-state index contributed by atoms with van der Waals surface area (Å²) in [4.78, 5) is 8.42. The van der Waals surface area contributed by atoms with Crippen molar-refractivity contribution in [1.29, 1.82) is 0 Å². The van der Waals surface area contributed by atoms with Crippen molar-refractivity contribution in [3.8, 4) is 11.3 Å². The monoisotopic (exact) mass is 277 g/mol. The molecule has 2 N–H and O–H groups in total. The molecule has 0 saturated carbocycles. The third-order valence-corrected chi connectivity index (χ3v) is 3.05. The highest BCUT2D eigenvalue weighted by molar-refractivity contribution is 9.10. The lowest BCUT2D eigenvalue weighted by atomic mass is 10.1. The SMILES string of the molecule is Cc1nc(N)nc(-c2ccc(Br)cc2)c1C. The van der Waals surface area contributed by atoms with Gasteiger partial charge in [0.2, 0.25) is 5.95 Å². The normalized spacial score (nSPS) is 10.4. The number of halogens is 1. The molecule has 0 fully saturated rings. The summed E-state index contributed by atoms with van der Waals surface area (Å²) in [5, 5.41) is 0. The Labute approximate surface area is 103 Å². The van der Waals surface area contributed by atoms with Gasteiger partial charge in [0.1, 0.15) is 0 Å². The molecule has 2 aromatic rings. The number of aromatic nitrogens is 2. The Morgan fingerprint density at radius 3 is 2.31 bits per heavy atom. The molecule has 0 amide bonds. The summed E-state index contributed by atoms with van der Waals surface area (Å²) in [6.07, 6.45) is 0. The quantitative estimate of drug-likeness (QED) is 0.872. The van der Waals surface area contributed by atoms with Gasteiger partial charge in [0.05, 0.1) is 5.69 Å². The van der Waals surface area contributed by atoms with E-state index in [1.165, 1.54) is 0 Å². The van der Waals surface area contributed by atoms with Gasteiger partial charge in [-0.05, 0) is 31.5 Å². The fourth-order valence-corrected chi connectivity index (χ4v) is 1.80. The number of aryl methyl sites for hydroxylation is 1. The van der Waals surface area contributed by atoms with E-state index in [1.807, 2.05) is 38.1 Å².